The molecule has 2 rings (SSSR count). The van der Waals surface area contributed by atoms with E-state index in [0.717, 1.165) is 0 Å². The molecule has 0 aliphatic rings. The van der Waals surface area contributed by atoms with Crippen LogP contribution in [0.3, 0.4) is 0 Å². The van der Waals surface area contributed by atoms with Crippen LogP contribution < -0.4 is 11.1 Å². The Kier molecular flexibility index (Phi) is 2.73. The number of tetrazole rings is 1. The Labute approximate surface area is 95.3 Å². The summed E-state index contributed by atoms with van der Waals surface area (Å²) in [6, 6.07) is 4.07. The third kappa shape index (κ3) is 2.11. The number of halogens is 1. The molecule has 16 heavy (non-hydrogen) atoms. The van der Waals surface area contributed by atoms with Crippen molar-refractivity contribution in [3.05, 3.63) is 30.3 Å². The number of anilines is 1. The quantitative estimate of drug-likeness (QED) is 0.739. The Bertz CT molecular complexity index is 511. The van der Waals surface area contributed by atoms with E-state index < -0.39 is 5.82 Å². The third-order valence-electron chi connectivity index (χ3n) is 1.81. The van der Waals surface area contributed by atoms with Crippen molar-refractivity contribution in [2.24, 2.45) is 5.73 Å². The summed E-state index contributed by atoms with van der Waals surface area (Å²) in [7, 11) is 0. The number of aromatic nitrogens is 4. The molecule has 0 aliphatic carbocycles. The van der Waals surface area contributed by atoms with Crippen molar-refractivity contribution in [2.45, 2.75) is 0 Å². The van der Waals surface area contributed by atoms with Crippen molar-refractivity contribution >= 4 is 23.0 Å². The maximum Gasteiger partial charge on any atom is 0.168 e. The van der Waals surface area contributed by atoms with E-state index in [9.17, 15) is 4.39 Å². The summed E-state index contributed by atoms with van der Waals surface area (Å²) >= 11 is 4.69. The number of hydrogen-bond acceptors (Lipinski definition) is 4. The first-order chi connectivity index (χ1) is 7.66. The van der Waals surface area contributed by atoms with E-state index in [-0.39, 0.29) is 5.11 Å². The predicted octanol–water partition coefficient (Wildman–Crippen LogP) is 0.457. The standard InChI is InChI=1S/C8H7FN6S/c9-5-1-2-7(15-4-11-13-14-15)6(3-5)12-8(10)16/h1-4H,(H3,10,12,16). The van der Waals surface area contributed by atoms with E-state index in [1.54, 1.807) is 0 Å². The normalized spacial score (nSPS) is 10.1. The van der Waals surface area contributed by atoms with Gasteiger partial charge in [-0.15, -0.1) is 5.10 Å². The summed E-state index contributed by atoms with van der Waals surface area (Å²) in [5, 5.41) is 13.4. The van der Waals surface area contributed by atoms with Crippen LogP contribution in [0.15, 0.2) is 24.5 Å². The predicted molar refractivity (Wildman–Crippen MR) is 59.5 cm³/mol. The van der Waals surface area contributed by atoms with Gasteiger partial charge < -0.3 is 11.1 Å². The van der Waals surface area contributed by atoms with Gasteiger partial charge in [0, 0.05) is 0 Å². The Morgan fingerprint density at radius 2 is 2.31 bits per heavy atom. The molecule has 8 heteroatoms. The van der Waals surface area contributed by atoms with Crippen molar-refractivity contribution in [3.8, 4) is 5.69 Å². The largest absolute Gasteiger partial charge is 0.376 e. The summed E-state index contributed by atoms with van der Waals surface area (Å²) in [5.74, 6) is -0.407. The number of rotatable bonds is 2. The molecule has 0 spiro atoms. The molecule has 2 aromatic rings. The lowest BCUT2D eigenvalue weighted by atomic mass is 10.2. The minimum absolute atomic E-state index is 0.0416. The fourth-order valence-corrected chi connectivity index (χ4v) is 1.32. The second-order valence-electron chi connectivity index (χ2n) is 2.91. The van der Waals surface area contributed by atoms with Crippen molar-refractivity contribution in [1.29, 1.82) is 0 Å². The number of hydrogen-bond donors (Lipinski definition) is 2. The first-order valence-electron chi connectivity index (χ1n) is 4.26. The zero-order valence-electron chi connectivity index (χ0n) is 7.96. The number of nitrogens with zero attached hydrogens (tertiary/aromatic N) is 4. The zero-order chi connectivity index (χ0) is 11.5. The van der Waals surface area contributed by atoms with Crippen molar-refractivity contribution in [1.82, 2.24) is 20.2 Å². The molecule has 1 aromatic heterocycles. The van der Waals surface area contributed by atoms with E-state index in [2.05, 4.69) is 20.8 Å². The van der Waals surface area contributed by atoms with Crippen LogP contribution in [0.5, 0.6) is 0 Å². The SMILES string of the molecule is NC(=S)Nc1cc(F)ccc1-n1cnnn1. The van der Waals surface area contributed by atoms with Crippen LogP contribution in [0.4, 0.5) is 10.1 Å². The van der Waals surface area contributed by atoms with Gasteiger partial charge >= 0.3 is 0 Å². The highest BCUT2D eigenvalue weighted by molar-refractivity contribution is 7.80. The van der Waals surface area contributed by atoms with Crippen molar-refractivity contribution < 1.29 is 4.39 Å². The number of thiocarbonyl (C=S) groups is 1. The highest BCUT2D eigenvalue weighted by atomic mass is 32.1. The molecular formula is C8H7FN6S. The van der Waals surface area contributed by atoms with Crippen LogP contribution in [0.1, 0.15) is 0 Å². The lowest BCUT2D eigenvalue weighted by Crippen LogP contribution is -2.20. The van der Waals surface area contributed by atoms with Gasteiger partial charge in [-0.3, -0.25) is 0 Å². The summed E-state index contributed by atoms with van der Waals surface area (Å²) < 4.78 is 14.4. The van der Waals surface area contributed by atoms with Crippen LogP contribution >= 0.6 is 12.2 Å². The highest BCUT2D eigenvalue weighted by Crippen LogP contribution is 2.20. The van der Waals surface area contributed by atoms with Gasteiger partial charge in [0.2, 0.25) is 0 Å². The van der Waals surface area contributed by atoms with Crippen molar-refractivity contribution in [3.63, 3.8) is 0 Å². The average Bonchev–Trinajstić information content (AvgIpc) is 2.69. The summed E-state index contributed by atoms with van der Waals surface area (Å²) in [6.07, 6.45) is 1.39. The molecular weight excluding hydrogens is 231 g/mol. The van der Waals surface area contributed by atoms with Crippen LogP contribution in [-0.4, -0.2) is 25.3 Å². The summed E-state index contributed by atoms with van der Waals surface area (Å²) in [5.41, 5.74) is 6.29. The number of benzene rings is 1. The lowest BCUT2D eigenvalue weighted by Gasteiger charge is -2.09. The van der Waals surface area contributed by atoms with E-state index in [1.807, 2.05) is 0 Å². The Morgan fingerprint density at radius 1 is 1.50 bits per heavy atom. The molecule has 0 aliphatic heterocycles. The zero-order valence-corrected chi connectivity index (χ0v) is 8.78. The second kappa shape index (κ2) is 4.19. The van der Waals surface area contributed by atoms with E-state index in [1.165, 1.54) is 29.2 Å². The van der Waals surface area contributed by atoms with Gasteiger partial charge in [0.25, 0.3) is 0 Å². The average molecular weight is 238 g/mol. The third-order valence-corrected chi connectivity index (χ3v) is 1.91. The topological polar surface area (TPSA) is 81.6 Å². The molecule has 82 valence electrons. The molecule has 0 saturated heterocycles. The Morgan fingerprint density at radius 3 is 2.94 bits per heavy atom. The minimum atomic E-state index is -0.407. The Hall–Kier alpha value is -2.09. The smallest absolute Gasteiger partial charge is 0.168 e. The monoisotopic (exact) mass is 238 g/mol. The van der Waals surface area contributed by atoms with E-state index in [0.29, 0.717) is 11.4 Å². The maximum absolute atomic E-state index is 13.1. The van der Waals surface area contributed by atoms with E-state index >= 15 is 0 Å². The van der Waals surface area contributed by atoms with Crippen LogP contribution in [0.25, 0.3) is 5.69 Å². The lowest BCUT2D eigenvalue weighted by molar-refractivity contribution is 0.627. The molecule has 0 unspecified atom stereocenters. The highest BCUT2D eigenvalue weighted by Gasteiger charge is 2.07. The number of nitrogens with one attached hydrogen (secondary N) is 1. The molecule has 0 amide bonds. The molecule has 0 bridgehead atoms. The summed E-state index contributed by atoms with van der Waals surface area (Å²) in [6.45, 7) is 0. The molecule has 1 aromatic carbocycles. The molecule has 1 heterocycles. The second-order valence-corrected chi connectivity index (χ2v) is 3.34. The molecule has 6 nitrogen and oxygen atoms in total. The molecule has 0 saturated carbocycles. The molecule has 0 atom stereocenters. The van der Waals surface area contributed by atoms with Gasteiger partial charge in [0.1, 0.15) is 12.1 Å². The van der Waals surface area contributed by atoms with Gasteiger partial charge in [0.05, 0.1) is 11.4 Å². The maximum atomic E-state index is 13.1. The fourth-order valence-electron chi connectivity index (χ4n) is 1.21. The first kappa shape index (κ1) is 10.4. The molecule has 0 fully saturated rings. The van der Waals surface area contributed by atoms with Crippen LogP contribution in [-0.2, 0) is 0 Å². The molecule has 3 N–H and O–H groups in total. The summed E-state index contributed by atoms with van der Waals surface area (Å²) in [4.78, 5) is 0. The van der Waals surface area contributed by atoms with Gasteiger partial charge in [-0.1, -0.05) is 0 Å². The minimum Gasteiger partial charge on any atom is -0.376 e. The Balaban J connectivity index is 2.48. The van der Waals surface area contributed by atoms with E-state index in [4.69, 9.17) is 18.0 Å². The molecule has 0 radical (unpaired) electrons. The fraction of sp³-hybridized carbons (Fsp3) is 0. The van der Waals surface area contributed by atoms with Gasteiger partial charge in [-0.2, -0.15) is 4.68 Å². The first-order valence-corrected chi connectivity index (χ1v) is 4.67. The van der Waals surface area contributed by atoms with Gasteiger partial charge in [-0.25, -0.2) is 4.39 Å². The van der Waals surface area contributed by atoms with Crippen LogP contribution in [0.2, 0.25) is 0 Å². The van der Waals surface area contributed by atoms with Gasteiger partial charge in [0.15, 0.2) is 5.11 Å². The van der Waals surface area contributed by atoms with Crippen LogP contribution in [0, 0.1) is 5.82 Å². The number of nitrogens with two attached hydrogens (primary N) is 1. The van der Waals surface area contributed by atoms with Gasteiger partial charge in [-0.05, 0) is 40.8 Å². The van der Waals surface area contributed by atoms with Crippen molar-refractivity contribution in [2.75, 3.05) is 5.32 Å².